The third-order valence-electron chi connectivity index (χ3n) is 6.48. The molecule has 0 bridgehead atoms. The lowest BCUT2D eigenvalue weighted by Crippen LogP contribution is -2.36. The summed E-state index contributed by atoms with van der Waals surface area (Å²) in [5, 5.41) is 22.0. The molecule has 3 aromatic rings. The van der Waals surface area contributed by atoms with Crippen LogP contribution in [0, 0.1) is 11.3 Å². The van der Waals surface area contributed by atoms with E-state index in [0.717, 1.165) is 43.2 Å². The molecule has 1 atom stereocenters. The number of aliphatic hydroxyl groups excluding tert-OH is 1. The van der Waals surface area contributed by atoms with Crippen LogP contribution in [0.25, 0.3) is 11.3 Å². The number of carbonyl (C=O) groups excluding carboxylic acids is 1. The Kier molecular flexibility index (Phi) is 7.44. The molecule has 2 aromatic carbocycles. The van der Waals surface area contributed by atoms with Crippen molar-refractivity contribution in [3.05, 3.63) is 60.3 Å². The number of rotatable bonds is 7. The van der Waals surface area contributed by atoms with Crippen LogP contribution in [0.2, 0.25) is 0 Å². The zero-order valence-electron chi connectivity index (χ0n) is 20.3. The van der Waals surface area contributed by atoms with Crippen LogP contribution in [-0.4, -0.2) is 78.0 Å². The number of anilines is 3. The summed E-state index contributed by atoms with van der Waals surface area (Å²) in [7, 11) is 0. The number of aromatic nitrogens is 2. The highest BCUT2D eigenvalue weighted by Gasteiger charge is 2.27. The second-order valence-electron chi connectivity index (χ2n) is 8.89. The number of nitriles is 1. The van der Waals surface area contributed by atoms with E-state index in [1.54, 1.807) is 29.3 Å². The zero-order chi connectivity index (χ0) is 25.6. The van der Waals surface area contributed by atoms with Gasteiger partial charge in [0.05, 0.1) is 31.0 Å². The highest BCUT2D eigenvalue weighted by Crippen LogP contribution is 2.28. The Bertz CT molecular complexity index is 1290. The minimum Gasteiger partial charge on any atom is -0.487 e. The maximum absolute atomic E-state index is 11.7. The zero-order valence-corrected chi connectivity index (χ0v) is 20.3. The average molecular weight is 501 g/mol. The van der Waals surface area contributed by atoms with E-state index in [1.165, 1.54) is 0 Å². The summed E-state index contributed by atoms with van der Waals surface area (Å²) in [4.78, 5) is 24.5. The second kappa shape index (κ2) is 11.2. The molecule has 0 unspecified atom stereocenters. The fourth-order valence-corrected chi connectivity index (χ4v) is 4.50. The van der Waals surface area contributed by atoms with Gasteiger partial charge in [-0.05, 0) is 48.5 Å². The highest BCUT2D eigenvalue weighted by atomic mass is 16.5. The number of aliphatic hydroxyl groups is 1. The number of likely N-dealkylation sites (tertiary alicyclic amines) is 1. The van der Waals surface area contributed by atoms with Crippen LogP contribution < -0.4 is 15.0 Å². The smallest absolute Gasteiger partial charge is 0.248 e. The molecule has 2 aliphatic rings. The fourth-order valence-electron chi connectivity index (χ4n) is 4.50. The van der Waals surface area contributed by atoms with Gasteiger partial charge in [0.25, 0.3) is 0 Å². The van der Waals surface area contributed by atoms with Gasteiger partial charge in [0.1, 0.15) is 24.5 Å². The molecule has 2 aliphatic heterocycles. The van der Waals surface area contributed by atoms with E-state index in [2.05, 4.69) is 38.4 Å². The Hall–Kier alpha value is -4.20. The van der Waals surface area contributed by atoms with Crippen molar-refractivity contribution in [2.75, 3.05) is 56.2 Å². The molecule has 37 heavy (non-hydrogen) atoms. The molecule has 10 heteroatoms. The molecule has 1 amide bonds. The lowest BCUT2D eigenvalue weighted by molar-refractivity contribution is -0.133. The predicted molar refractivity (Wildman–Crippen MR) is 138 cm³/mol. The molecule has 3 heterocycles. The maximum Gasteiger partial charge on any atom is 0.248 e. The molecular formula is C27H28N6O4. The van der Waals surface area contributed by atoms with E-state index in [0.29, 0.717) is 42.5 Å². The van der Waals surface area contributed by atoms with Crippen molar-refractivity contribution in [2.45, 2.75) is 12.5 Å². The van der Waals surface area contributed by atoms with Crippen molar-refractivity contribution < 1.29 is 19.4 Å². The number of amides is 1. The first-order valence-electron chi connectivity index (χ1n) is 12.3. The van der Waals surface area contributed by atoms with E-state index < -0.39 is 6.61 Å². The Labute approximate surface area is 215 Å². The summed E-state index contributed by atoms with van der Waals surface area (Å²) in [6, 6.07) is 17.5. The van der Waals surface area contributed by atoms with Gasteiger partial charge in [0.15, 0.2) is 0 Å². The maximum atomic E-state index is 11.7. The quantitative estimate of drug-likeness (QED) is 0.504. The largest absolute Gasteiger partial charge is 0.487 e. The molecule has 2 N–H and O–H groups in total. The first-order valence-corrected chi connectivity index (χ1v) is 12.3. The molecular weight excluding hydrogens is 472 g/mol. The SMILES string of the molecule is N#Cc1cc(-c2ccnc(Nc3ccc(N4CCOCC4)cc3)n2)ccc1O[C@@H]1CCN(C(=O)CO)C1. The minimum atomic E-state index is -0.514. The van der Waals surface area contributed by atoms with Crippen molar-refractivity contribution in [3.63, 3.8) is 0 Å². The molecule has 1 aromatic heterocycles. The van der Waals surface area contributed by atoms with Crippen LogP contribution in [0.15, 0.2) is 54.7 Å². The number of carbonyl (C=O) groups is 1. The van der Waals surface area contributed by atoms with Crippen molar-refractivity contribution >= 4 is 23.2 Å². The van der Waals surface area contributed by atoms with Crippen molar-refractivity contribution in [2.24, 2.45) is 0 Å². The number of hydrogen-bond donors (Lipinski definition) is 2. The van der Waals surface area contributed by atoms with Gasteiger partial charge in [-0.2, -0.15) is 5.26 Å². The molecule has 190 valence electrons. The Balaban J connectivity index is 1.26. The normalized spacial score (nSPS) is 17.4. The molecule has 0 aliphatic carbocycles. The Morgan fingerprint density at radius 3 is 2.73 bits per heavy atom. The standard InChI is InChI=1S/C27H28N6O4/c28-16-20-15-19(1-6-25(20)37-23-8-10-33(17-23)26(35)18-34)24-7-9-29-27(31-24)30-21-2-4-22(5-3-21)32-11-13-36-14-12-32/h1-7,9,15,23,34H,8,10-14,17-18H2,(H,29,30,31)/t23-/m1/s1. The first kappa shape index (κ1) is 24.5. The van der Waals surface area contributed by atoms with Gasteiger partial charge >= 0.3 is 0 Å². The van der Waals surface area contributed by atoms with Crippen molar-refractivity contribution in [3.8, 4) is 23.1 Å². The summed E-state index contributed by atoms with van der Waals surface area (Å²) in [6.07, 6.45) is 2.10. The van der Waals surface area contributed by atoms with E-state index in [9.17, 15) is 10.1 Å². The number of benzene rings is 2. The monoisotopic (exact) mass is 500 g/mol. The number of morpholine rings is 1. The van der Waals surface area contributed by atoms with Crippen LogP contribution in [0.5, 0.6) is 5.75 Å². The molecule has 0 radical (unpaired) electrons. The Morgan fingerprint density at radius 1 is 1.16 bits per heavy atom. The van der Waals surface area contributed by atoms with Crippen LogP contribution in [-0.2, 0) is 9.53 Å². The van der Waals surface area contributed by atoms with E-state index in [1.807, 2.05) is 18.2 Å². The molecule has 10 nitrogen and oxygen atoms in total. The summed E-state index contributed by atoms with van der Waals surface area (Å²) in [6.45, 7) is 3.65. The number of nitrogens with zero attached hydrogens (tertiary/aromatic N) is 5. The summed E-state index contributed by atoms with van der Waals surface area (Å²) < 4.78 is 11.4. The number of ether oxygens (including phenoxy) is 2. The molecule has 2 saturated heterocycles. The van der Waals surface area contributed by atoms with Gasteiger partial charge in [-0.15, -0.1) is 0 Å². The lowest BCUT2D eigenvalue weighted by Gasteiger charge is -2.28. The van der Waals surface area contributed by atoms with Crippen LogP contribution in [0.1, 0.15) is 12.0 Å². The number of hydrogen-bond acceptors (Lipinski definition) is 9. The van der Waals surface area contributed by atoms with Crippen LogP contribution in [0.4, 0.5) is 17.3 Å². The van der Waals surface area contributed by atoms with Crippen LogP contribution in [0.3, 0.4) is 0 Å². The van der Waals surface area contributed by atoms with Gasteiger partial charge in [0, 0.05) is 49.2 Å². The van der Waals surface area contributed by atoms with E-state index in [-0.39, 0.29) is 12.0 Å². The third-order valence-corrected chi connectivity index (χ3v) is 6.48. The second-order valence-corrected chi connectivity index (χ2v) is 8.89. The molecule has 0 spiro atoms. The third kappa shape index (κ3) is 5.80. The van der Waals surface area contributed by atoms with E-state index >= 15 is 0 Å². The van der Waals surface area contributed by atoms with E-state index in [4.69, 9.17) is 14.6 Å². The van der Waals surface area contributed by atoms with Gasteiger partial charge in [-0.25, -0.2) is 9.97 Å². The van der Waals surface area contributed by atoms with Crippen LogP contribution >= 0.6 is 0 Å². The van der Waals surface area contributed by atoms with Gasteiger partial charge in [-0.3, -0.25) is 4.79 Å². The van der Waals surface area contributed by atoms with Gasteiger partial charge in [-0.1, -0.05) is 0 Å². The minimum absolute atomic E-state index is 0.224. The van der Waals surface area contributed by atoms with Crippen molar-refractivity contribution in [1.82, 2.24) is 14.9 Å². The molecule has 2 fully saturated rings. The molecule has 5 rings (SSSR count). The van der Waals surface area contributed by atoms with Gasteiger partial charge in [0.2, 0.25) is 11.9 Å². The first-order chi connectivity index (χ1) is 18.1. The highest BCUT2D eigenvalue weighted by molar-refractivity contribution is 5.77. The molecule has 0 saturated carbocycles. The topological polar surface area (TPSA) is 124 Å². The Morgan fingerprint density at radius 2 is 1.97 bits per heavy atom. The summed E-state index contributed by atoms with van der Waals surface area (Å²) >= 11 is 0. The summed E-state index contributed by atoms with van der Waals surface area (Å²) in [5.41, 5.74) is 3.85. The summed E-state index contributed by atoms with van der Waals surface area (Å²) in [5.74, 6) is 0.598. The van der Waals surface area contributed by atoms with Gasteiger partial charge < -0.3 is 29.7 Å². The van der Waals surface area contributed by atoms with Crippen molar-refractivity contribution in [1.29, 1.82) is 5.26 Å². The number of nitrogens with one attached hydrogen (secondary N) is 1. The predicted octanol–water partition coefficient (Wildman–Crippen LogP) is 2.57. The lowest BCUT2D eigenvalue weighted by atomic mass is 10.1. The fraction of sp³-hybridized carbons (Fsp3) is 0.333. The average Bonchev–Trinajstić information content (AvgIpc) is 3.42.